The van der Waals surface area contributed by atoms with Crippen LogP contribution in [0.15, 0.2) is 76.3 Å². The highest BCUT2D eigenvalue weighted by atomic mass is 127. The minimum Gasteiger partial charge on any atom is -0.488 e. The fourth-order valence-corrected chi connectivity index (χ4v) is 3.50. The lowest BCUT2D eigenvalue weighted by atomic mass is 10.2. The first-order chi connectivity index (χ1) is 13.5. The van der Waals surface area contributed by atoms with Gasteiger partial charge in [0.1, 0.15) is 12.4 Å². The van der Waals surface area contributed by atoms with Gasteiger partial charge in [-0.15, -0.1) is 0 Å². The molecule has 0 saturated heterocycles. The molecular formula is C21H15BrClIN2O2. The van der Waals surface area contributed by atoms with Gasteiger partial charge in [0.15, 0.2) is 0 Å². The number of hydrazone groups is 1. The zero-order valence-electron chi connectivity index (χ0n) is 14.5. The molecule has 4 nitrogen and oxygen atoms in total. The molecule has 0 fully saturated rings. The van der Waals surface area contributed by atoms with Gasteiger partial charge >= 0.3 is 0 Å². The number of carbonyl (C=O) groups is 1. The van der Waals surface area contributed by atoms with Crippen LogP contribution in [-0.2, 0) is 6.61 Å². The normalized spacial score (nSPS) is 10.8. The fraction of sp³-hybridized carbons (Fsp3) is 0.0476. The predicted molar refractivity (Wildman–Crippen MR) is 124 cm³/mol. The molecule has 1 N–H and O–H groups in total. The molecule has 0 spiro atoms. The van der Waals surface area contributed by atoms with Gasteiger partial charge in [0.05, 0.1) is 10.7 Å². The Kier molecular flexibility index (Phi) is 7.47. The van der Waals surface area contributed by atoms with Crippen LogP contribution in [0.4, 0.5) is 0 Å². The van der Waals surface area contributed by atoms with Crippen LogP contribution in [0.25, 0.3) is 0 Å². The maximum absolute atomic E-state index is 12.1. The number of hydrogen-bond donors (Lipinski definition) is 1. The second-order valence-electron chi connectivity index (χ2n) is 5.81. The largest absolute Gasteiger partial charge is 0.488 e. The lowest BCUT2D eigenvalue weighted by Crippen LogP contribution is -2.17. The molecule has 142 valence electrons. The van der Waals surface area contributed by atoms with Crippen molar-refractivity contribution >= 4 is 62.2 Å². The summed E-state index contributed by atoms with van der Waals surface area (Å²) >= 11 is 11.6. The summed E-state index contributed by atoms with van der Waals surface area (Å²) in [6.45, 7) is 0.440. The van der Waals surface area contributed by atoms with Crippen molar-refractivity contribution in [2.45, 2.75) is 6.61 Å². The Morgan fingerprint density at radius 2 is 1.93 bits per heavy atom. The average molecular weight is 570 g/mol. The molecule has 28 heavy (non-hydrogen) atoms. The molecule has 0 bridgehead atoms. The molecule has 0 aromatic heterocycles. The van der Waals surface area contributed by atoms with Crippen molar-refractivity contribution in [3.05, 3.63) is 96.5 Å². The third-order valence-corrected chi connectivity index (χ3v) is 5.27. The van der Waals surface area contributed by atoms with Crippen molar-refractivity contribution < 1.29 is 9.53 Å². The van der Waals surface area contributed by atoms with Crippen LogP contribution < -0.4 is 10.2 Å². The second-order valence-corrected chi connectivity index (χ2v) is 8.35. The number of rotatable bonds is 6. The maximum Gasteiger partial charge on any atom is 0.271 e. The van der Waals surface area contributed by atoms with E-state index in [1.165, 1.54) is 0 Å². The van der Waals surface area contributed by atoms with Crippen LogP contribution in [0.3, 0.4) is 0 Å². The van der Waals surface area contributed by atoms with Gasteiger partial charge < -0.3 is 4.74 Å². The van der Waals surface area contributed by atoms with Crippen molar-refractivity contribution in [1.82, 2.24) is 5.43 Å². The third-order valence-electron chi connectivity index (χ3n) is 3.73. The molecule has 0 aliphatic rings. The second kappa shape index (κ2) is 10.0. The Labute approximate surface area is 190 Å². The number of amides is 1. The van der Waals surface area contributed by atoms with E-state index < -0.39 is 0 Å². The summed E-state index contributed by atoms with van der Waals surface area (Å²) < 4.78 is 7.62. The highest BCUT2D eigenvalue weighted by Gasteiger charge is 2.05. The van der Waals surface area contributed by atoms with Crippen LogP contribution in [0.5, 0.6) is 5.75 Å². The first-order valence-electron chi connectivity index (χ1n) is 8.27. The van der Waals surface area contributed by atoms with Crippen LogP contribution in [-0.4, -0.2) is 12.1 Å². The van der Waals surface area contributed by atoms with Crippen molar-refractivity contribution in [1.29, 1.82) is 0 Å². The Balaban J connectivity index is 1.58. The van der Waals surface area contributed by atoms with E-state index in [9.17, 15) is 4.79 Å². The summed E-state index contributed by atoms with van der Waals surface area (Å²) in [6.07, 6.45) is 1.58. The molecule has 0 aliphatic heterocycles. The van der Waals surface area contributed by atoms with Gasteiger partial charge in [-0.2, -0.15) is 5.10 Å². The molecule has 0 atom stereocenters. The molecule has 0 radical (unpaired) electrons. The number of carbonyl (C=O) groups excluding carboxylic acids is 1. The Morgan fingerprint density at radius 3 is 2.64 bits per heavy atom. The van der Waals surface area contributed by atoms with Crippen molar-refractivity contribution in [3.8, 4) is 5.75 Å². The van der Waals surface area contributed by atoms with E-state index in [0.717, 1.165) is 24.9 Å². The topological polar surface area (TPSA) is 50.7 Å². The van der Waals surface area contributed by atoms with Crippen LogP contribution >= 0.6 is 50.1 Å². The van der Waals surface area contributed by atoms with Crippen LogP contribution in [0.2, 0.25) is 5.02 Å². The van der Waals surface area contributed by atoms with E-state index in [2.05, 4.69) is 49.0 Å². The van der Waals surface area contributed by atoms with Gasteiger partial charge in [-0.1, -0.05) is 29.8 Å². The first kappa shape index (κ1) is 20.8. The zero-order chi connectivity index (χ0) is 19.9. The van der Waals surface area contributed by atoms with Gasteiger partial charge in [-0.25, -0.2) is 5.43 Å². The number of halogens is 3. The van der Waals surface area contributed by atoms with E-state index in [4.69, 9.17) is 16.3 Å². The Bertz CT molecular complexity index is 1010. The number of nitrogens with zero attached hydrogens (tertiary/aromatic N) is 1. The highest BCUT2D eigenvalue weighted by molar-refractivity contribution is 14.1. The summed E-state index contributed by atoms with van der Waals surface area (Å²) in [5.74, 6) is 0.465. The van der Waals surface area contributed by atoms with Crippen LogP contribution in [0.1, 0.15) is 21.5 Å². The highest BCUT2D eigenvalue weighted by Crippen LogP contribution is 2.26. The minimum absolute atomic E-state index is 0.253. The quantitative estimate of drug-likeness (QED) is 0.223. The molecule has 7 heteroatoms. The zero-order valence-corrected chi connectivity index (χ0v) is 19.0. The summed E-state index contributed by atoms with van der Waals surface area (Å²) in [5, 5.41) is 4.72. The maximum atomic E-state index is 12.1. The number of nitrogens with one attached hydrogen (secondary N) is 1. The van der Waals surface area contributed by atoms with E-state index in [0.29, 0.717) is 17.2 Å². The molecule has 0 saturated carbocycles. The standard InChI is InChI=1S/C21H15BrClIN2O2/c22-19-10-15(12-25-26-21(27)16-2-1-3-18(24)11-16)6-9-20(19)28-13-14-4-7-17(23)8-5-14/h1-12H,13H2,(H,26,27)/b25-12-. The van der Waals surface area contributed by atoms with Gasteiger partial charge in [0.25, 0.3) is 5.91 Å². The molecular weight excluding hydrogens is 555 g/mol. The molecule has 0 aliphatic carbocycles. The minimum atomic E-state index is -0.253. The SMILES string of the molecule is O=C(N/N=C\c1ccc(OCc2ccc(Cl)cc2)c(Br)c1)c1cccc(I)c1. The van der Waals surface area contributed by atoms with Crippen molar-refractivity contribution in [2.24, 2.45) is 5.10 Å². The van der Waals surface area contributed by atoms with E-state index >= 15 is 0 Å². The average Bonchev–Trinajstić information content (AvgIpc) is 2.68. The van der Waals surface area contributed by atoms with E-state index in [1.807, 2.05) is 54.6 Å². The summed E-state index contributed by atoms with van der Waals surface area (Å²) in [7, 11) is 0. The lowest BCUT2D eigenvalue weighted by molar-refractivity contribution is 0.0955. The number of ether oxygens (including phenoxy) is 1. The van der Waals surface area contributed by atoms with E-state index in [1.54, 1.807) is 18.3 Å². The summed E-state index contributed by atoms with van der Waals surface area (Å²) in [6, 6.07) is 20.4. The fourth-order valence-electron chi connectivity index (χ4n) is 2.32. The van der Waals surface area contributed by atoms with Crippen LogP contribution in [0, 0.1) is 3.57 Å². The molecule has 3 aromatic rings. The molecule has 1 amide bonds. The molecule has 0 unspecified atom stereocenters. The van der Waals surface area contributed by atoms with Crippen molar-refractivity contribution in [2.75, 3.05) is 0 Å². The predicted octanol–water partition coefficient (Wildman–Crippen LogP) is 6.05. The molecule has 3 aromatic carbocycles. The summed E-state index contributed by atoms with van der Waals surface area (Å²) in [4.78, 5) is 12.1. The van der Waals surface area contributed by atoms with Gasteiger partial charge in [0, 0.05) is 14.2 Å². The van der Waals surface area contributed by atoms with Gasteiger partial charge in [0.2, 0.25) is 0 Å². The third kappa shape index (κ3) is 6.05. The van der Waals surface area contributed by atoms with Gasteiger partial charge in [-0.3, -0.25) is 4.79 Å². The lowest BCUT2D eigenvalue weighted by Gasteiger charge is -2.09. The smallest absolute Gasteiger partial charge is 0.271 e. The summed E-state index contributed by atoms with van der Waals surface area (Å²) in [5.41, 5.74) is 4.95. The van der Waals surface area contributed by atoms with E-state index in [-0.39, 0.29) is 5.91 Å². The van der Waals surface area contributed by atoms with Gasteiger partial charge in [-0.05, 0) is 98.2 Å². The Hall–Kier alpha value is -1.90. The molecule has 3 rings (SSSR count). The first-order valence-corrected chi connectivity index (χ1v) is 10.5. The number of hydrogen-bond acceptors (Lipinski definition) is 3. The number of benzene rings is 3. The molecule has 0 heterocycles. The monoisotopic (exact) mass is 568 g/mol. The Morgan fingerprint density at radius 1 is 1.14 bits per heavy atom. The van der Waals surface area contributed by atoms with Crippen molar-refractivity contribution in [3.63, 3.8) is 0 Å².